The number of anilines is 1. The van der Waals surface area contributed by atoms with Crippen molar-refractivity contribution in [3.8, 4) is 0 Å². The average Bonchev–Trinajstić information content (AvgIpc) is 2.68. The molecular weight excluding hydrogens is 356 g/mol. The van der Waals surface area contributed by atoms with Crippen LogP contribution < -0.4 is 4.90 Å². The van der Waals surface area contributed by atoms with Crippen molar-refractivity contribution in [2.24, 2.45) is 5.92 Å². The molecule has 1 aromatic carbocycles. The van der Waals surface area contributed by atoms with Crippen molar-refractivity contribution in [2.45, 2.75) is 37.0 Å². The van der Waals surface area contributed by atoms with E-state index in [0.717, 1.165) is 18.5 Å². The molecule has 0 saturated carbocycles. The minimum Gasteiger partial charge on any atom is -0.469 e. The summed E-state index contributed by atoms with van der Waals surface area (Å²) >= 11 is 0. The summed E-state index contributed by atoms with van der Waals surface area (Å²) in [6, 6.07) is 6.49. The number of benzene rings is 1. The van der Waals surface area contributed by atoms with Gasteiger partial charge in [0.25, 0.3) is 0 Å². The smallest absolute Gasteiger partial charge is 0.308 e. The Morgan fingerprint density at radius 2 is 1.73 bits per heavy atom. The topological polar surface area (TPSA) is 84.0 Å². The van der Waals surface area contributed by atoms with Gasteiger partial charge in [0, 0.05) is 31.7 Å². The van der Waals surface area contributed by atoms with Crippen LogP contribution in [0.1, 0.15) is 32.1 Å². The van der Waals surface area contributed by atoms with Crippen molar-refractivity contribution in [1.82, 2.24) is 4.31 Å². The van der Waals surface area contributed by atoms with Crippen LogP contribution in [0.4, 0.5) is 5.69 Å². The molecule has 0 unspecified atom stereocenters. The Hall–Kier alpha value is -1.93. The lowest BCUT2D eigenvalue weighted by Crippen LogP contribution is -2.40. The highest BCUT2D eigenvalue weighted by Gasteiger charge is 2.32. The summed E-state index contributed by atoms with van der Waals surface area (Å²) in [5.41, 5.74) is 0.734. The number of hydrogen-bond acceptors (Lipinski definition) is 5. The van der Waals surface area contributed by atoms with E-state index in [9.17, 15) is 18.0 Å². The molecule has 2 heterocycles. The fourth-order valence-electron chi connectivity index (χ4n) is 3.52. The van der Waals surface area contributed by atoms with Crippen molar-refractivity contribution in [3.63, 3.8) is 0 Å². The molecule has 3 rings (SSSR count). The van der Waals surface area contributed by atoms with Crippen LogP contribution in [-0.4, -0.2) is 51.3 Å². The molecule has 7 nitrogen and oxygen atoms in total. The molecule has 0 aromatic heterocycles. The van der Waals surface area contributed by atoms with Crippen LogP contribution >= 0.6 is 0 Å². The average molecular weight is 380 g/mol. The first kappa shape index (κ1) is 18.8. The lowest BCUT2D eigenvalue weighted by atomic mass is 9.99. The summed E-state index contributed by atoms with van der Waals surface area (Å²) in [5.74, 6) is -0.437. The molecule has 2 aliphatic heterocycles. The Morgan fingerprint density at radius 3 is 2.31 bits per heavy atom. The molecule has 142 valence electrons. The predicted molar refractivity (Wildman–Crippen MR) is 96.1 cm³/mol. The SMILES string of the molecule is COC(=O)C1CCN(S(=O)(=O)c2ccc(N3CCCCC3=O)cc2)CC1. The third-order valence-corrected chi connectivity index (χ3v) is 7.01. The number of amides is 1. The monoisotopic (exact) mass is 380 g/mol. The molecule has 1 aromatic rings. The maximum absolute atomic E-state index is 12.8. The maximum atomic E-state index is 12.8. The Bertz CT molecular complexity index is 767. The highest BCUT2D eigenvalue weighted by molar-refractivity contribution is 7.89. The second-order valence-electron chi connectivity index (χ2n) is 6.70. The molecule has 0 N–H and O–H groups in total. The normalized spacial score (nSPS) is 20.2. The first-order chi connectivity index (χ1) is 12.4. The zero-order valence-electron chi connectivity index (χ0n) is 14.9. The van der Waals surface area contributed by atoms with Crippen LogP contribution in [0.15, 0.2) is 29.2 Å². The molecule has 0 radical (unpaired) electrons. The molecule has 26 heavy (non-hydrogen) atoms. The third-order valence-electron chi connectivity index (χ3n) is 5.10. The van der Waals surface area contributed by atoms with Crippen molar-refractivity contribution in [1.29, 1.82) is 0 Å². The molecule has 0 atom stereocenters. The quantitative estimate of drug-likeness (QED) is 0.744. The highest BCUT2D eigenvalue weighted by Crippen LogP contribution is 2.27. The van der Waals surface area contributed by atoms with E-state index in [4.69, 9.17) is 4.74 Å². The van der Waals surface area contributed by atoms with E-state index < -0.39 is 10.0 Å². The van der Waals surface area contributed by atoms with Gasteiger partial charge in [-0.2, -0.15) is 4.31 Å². The Morgan fingerprint density at radius 1 is 1.08 bits per heavy atom. The summed E-state index contributed by atoms with van der Waals surface area (Å²) in [5, 5.41) is 0. The Labute approximate surface area is 154 Å². The molecular formula is C18H24N2O5S. The van der Waals surface area contributed by atoms with Crippen molar-refractivity contribution in [2.75, 3.05) is 31.6 Å². The number of ether oxygens (including phenoxy) is 1. The van der Waals surface area contributed by atoms with E-state index in [2.05, 4.69) is 0 Å². The molecule has 0 aliphatic carbocycles. The van der Waals surface area contributed by atoms with Gasteiger partial charge in [0.15, 0.2) is 0 Å². The summed E-state index contributed by atoms with van der Waals surface area (Å²) < 4.78 is 31.8. The summed E-state index contributed by atoms with van der Waals surface area (Å²) in [7, 11) is -2.25. The number of carbonyl (C=O) groups excluding carboxylic acids is 2. The first-order valence-electron chi connectivity index (χ1n) is 8.92. The molecule has 2 saturated heterocycles. The van der Waals surface area contributed by atoms with Gasteiger partial charge in [0.05, 0.1) is 17.9 Å². The molecule has 0 bridgehead atoms. The third kappa shape index (κ3) is 3.76. The first-order valence-corrected chi connectivity index (χ1v) is 10.4. The number of nitrogens with zero attached hydrogens (tertiary/aromatic N) is 2. The van der Waals surface area contributed by atoms with Gasteiger partial charge in [-0.1, -0.05) is 0 Å². The fraction of sp³-hybridized carbons (Fsp3) is 0.556. The molecule has 0 spiro atoms. The van der Waals surface area contributed by atoms with Gasteiger partial charge in [0.2, 0.25) is 15.9 Å². The molecule has 1 amide bonds. The number of methoxy groups -OCH3 is 1. The van der Waals surface area contributed by atoms with E-state index in [0.29, 0.717) is 38.9 Å². The number of hydrogen-bond donors (Lipinski definition) is 0. The van der Waals surface area contributed by atoms with Gasteiger partial charge in [0.1, 0.15) is 0 Å². The Kier molecular flexibility index (Phi) is 5.62. The fourth-order valence-corrected chi connectivity index (χ4v) is 4.99. The summed E-state index contributed by atoms with van der Waals surface area (Å²) in [6.07, 6.45) is 3.33. The second-order valence-corrected chi connectivity index (χ2v) is 8.64. The number of piperidine rings is 2. The van der Waals surface area contributed by atoms with E-state index in [1.807, 2.05) is 0 Å². The van der Waals surface area contributed by atoms with Crippen molar-refractivity contribution >= 4 is 27.6 Å². The Balaban J connectivity index is 1.70. The second kappa shape index (κ2) is 7.75. The number of rotatable bonds is 4. The minimum absolute atomic E-state index is 0.0803. The molecule has 2 aliphatic rings. The van der Waals surface area contributed by atoms with Crippen LogP contribution in [-0.2, 0) is 24.3 Å². The van der Waals surface area contributed by atoms with E-state index in [1.165, 1.54) is 11.4 Å². The van der Waals surface area contributed by atoms with Gasteiger partial charge < -0.3 is 9.64 Å². The highest BCUT2D eigenvalue weighted by atomic mass is 32.2. The van der Waals surface area contributed by atoms with Crippen LogP contribution in [0, 0.1) is 5.92 Å². The van der Waals surface area contributed by atoms with E-state index >= 15 is 0 Å². The zero-order valence-corrected chi connectivity index (χ0v) is 15.7. The van der Waals surface area contributed by atoms with Crippen molar-refractivity contribution < 1.29 is 22.7 Å². The molecule has 2 fully saturated rings. The van der Waals surface area contributed by atoms with Gasteiger partial charge in [-0.3, -0.25) is 9.59 Å². The predicted octanol–water partition coefficient (Wildman–Crippen LogP) is 1.78. The lowest BCUT2D eigenvalue weighted by molar-refractivity contribution is -0.146. The van der Waals surface area contributed by atoms with Gasteiger partial charge in [-0.25, -0.2) is 8.42 Å². The van der Waals surface area contributed by atoms with E-state index in [1.54, 1.807) is 29.2 Å². The standard InChI is InChI=1S/C18H24N2O5S/c1-25-18(22)14-9-12-19(13-10-14)26(23,24)16-7-5-15(6-8-16)20-11-3-2-4-17(20)21/h5-8,14H,2-4,9-13H2,1H3. The number of esters is 1. The van der Waals surface area contributed by atoms with Gasteiger partial charge in [-0.05, 0) is 49.9 Å². The number of sulfonamides is 1. The van der Waals surface area contributed by atoms with Crippen LogP contribution in [0.5, 0.6) is 0 Å². The lowest BCUT2D eigenvalue weighted by Gasteiger charge is -2.30. The summed E-state index contributed by atoms with van der Waals surface area (Å²) in [4.78, 5) is 25.5. The van der Waals surface area contributed by atoms with Gasteiger partial charge in [-0.15, -0.1) is 0 Å². The van der Waals surface area contributed by atoms with Crippen molar-refractivity contribution in [3.05, 3.63) is 24.3 Å². The number of carbonyl (C=O) groups is 2. The van der Waals surface area contributed by atoms with E-state index in [-0.39, 0.29) is 22.7 Å². The van der Waals surface area contributed by atoms with Gasteiger partial charge >= 0.3 is 5.97 Å². The van der Waals surface area contributed by atoms with Crippen LogP contribution in [0.25, 0.3) is 0 Å². The largest absolute Gasteiger partial charge is 0.469 e. The summed E-state index contributed by atoms with van der Waals surface area (Å²) in [6.45, 7) is 1.27. The minimum atomic E-state index is -3.60. The maximum Gasteiger partial charge on any atom is 0.308 e. The van der Waals surface area contributed by atoms with Crippen LogP contribution in [0.2, 0.25) is 0 Å². The van der Waals surface area contributed by atoms with Crippen LogP contribution in [0.3, 0.4) is 0 Å². The zero-order chi connectivity index (χ0) is 18.7. The molecule has 8 heteroatoms.